The van der Waals surface area contributed by atoms with Crippen LogP contribution in [0.4, 0.5) is 0 Å². The van der Waals surface area contributed by atoms with E-state index in [2.05, 4.69) is 11.4 Å². The minimum Gasteiger partial charge on any atom is -0.334 e. The second-order valence-corrected chi connectivity index (χ2v) is 2.83. The Morgan fingerprint density at radius 3 is 2.57 bits per heavy atom. The molecule has 0 N–H and O–H groups in total. The van der Waals surface area contributed by atoms with Crippen LogP contribution in [0.15, 0.2) is 0 Å². The van der Waals surface area contributed by atoms with Gasteiger partial charge in [-0.2, -0.15) is 0 Å². The maximum atomic E-state index is 10.3. The SMILES string of the molecule is [CH2]CC[PH](=O)OC. The van der Waals surface area contributed by atoms with Crippen LogP contribution in [0.5, 0.6) is 0 Å². The van der Waals surface area contributed by atoms with Gasteiger partial charge >= 0.3 is 0 Å². The van der Waals surface area contributed by atoms with Gasteiger partial charge in [0.15, 0.2) is 8.03 Å². The van der Waals surface area contributed by atoms with Crippen LogP contribution in [0.3, 0.4) is 0 Å². The van der Waals surface area contributed by atoms with Crippen molar-refractivity contribution >= 4 is 8.03 Å². The highest BCUT2D eigenvalue weighted by Gasteiger charge is 1.89. The van der Waals surface area contributed by atoms with Gasteiger partial charge < -0.3 is 4.52 Å². The van der Waals surface area contributed by atoms with Gasteiger partial charge in [0.2, 0.25) is 0 Å². The first-order chi connectivity index (χ1) is 3.31. The summed E-state index contributed by atoms with van der Waals surface area (Å²) in [6.07, 6.45) is 1.31. The van der Waals surface area contributed by atoms with Crippen molar-refractivity contribution in [2.75, 3.05) is 13.3 Å². The van der Waals surface area contributed by atoms with Gasteiger partial charge in [0.1, 0.15) is 0 Å². The zero-order valence-corrected chi connectivity index (χ0v) is 5.44. The molecule has 0 saturated heterocycles. The predicted molar refractivity (Wildman–Crippen MR) is 30.9 cm³/mol. The Kier molecular flexibility index (Phi) is 4.47. The summed E-state index contributed by atoms with van der Waals surface area (Å²) in [7, 11) is -0.237. The molecular formula is C4H10O2P. The summed E-state index contributed by atoms with van der Waals surface area (Å²) in [4.78, 5) is 0. The van der Waals surface area contributed by atoms with Crippen LogP contribution >= 0.6 is 8.03 Å². The van der Waals surface area contributed by atoms with Crippen molar-refractivity contribution in [3.63, 3.8) is 0 Å². The Morgan fingerprint density at radius 1 is 1.86 bits per heavy atom. The van der Waals surface area contributed by atoms with Crippen molar-refractivity contribution in [3.8, 4) is 0 Å². The molecule has 1 unspecified atom stereocenters. The molecule has 3 heteroatoms. The van der Waals surface area contributed by atoms with Gasteiger partial charge in [0.25, 0.3) is 0 Å². The van der Waals surface area contributed by atoms with Crippen LogP contribution in [-0.2, 0) is 9.09 Å². The van der Waals surface area contributed by atoms with Gasteiger partial charge in [-0.25, -0.2) is 0 Å². The van der Waals surface area contributed by atoms with E-state index in [4.69, 9.17) is 0 Å². The summed E-state index contributed by atoms with van der Waals surface area (Å²) in [5, 5.41) is 0. The topological polar surface area (TPSA) is 26.3 Å². The highest BCUT2D eigenvalue weighted by molar-refractivity contribution is 7.39. The Morgan fingerprint density at radius 2 is 2.43 bits per heavy atom. The average molecular weight is 121 g/mol. The van der Waals surface area contributed by atoms with Crippen molar-refractivity contribution < 1.29 is 9.09 Å². The summed E-state index contributed by atoms with van der Waals surface area (Å²) >= 11 is 0. The second kappa shape index (κ2) is 4.35. The maximum Gasteiger partial charge on any atom is 0.191 e. The third kappa shape index (κ3) is 4.03. The lowest BCUT2D eigenvalue weighted by Crippen LogP contribution is -1.73. The molecule has 2 nitrogen and oxygen atoms in total. The molecule has 7 heavy (non-hydrogen) atoms. The van der Waals surface area contributed by atoms with Gasteiger partial charge in [0.05, 0.1) is 0 Å². The Hall–Kier alpha value is 0.190. The van der Waals surface area contributed by atoms with Crippen LogP contribution in [0.1, 0.15) is 6.42 Å². The van der Waals surface area contributed by atoms with Crippen LogP contribution in [-0.4, -0.2) is 13.3 Å². The van der Waals surface area contributed by atoms with Gasteiger partial charge in [-0.15, -0.1) is 0 Å². The van der Waals surface area contributed by atoms with Crippen molar-refractivity contribution in [2.24, 2.45) is 0 Å². The molecule has 0 bridgehead atoms. The van der Waals surface area contributed by atoms with E-state index in [-0.39, 0.29) is 0 Å². The third-order valence-corrected chi connectivity index (χ3v) is 1.83. The fourth-order valence-electron chi connectivity index (χ4n) is 0.246. The molecular weight excluding hydrogens is 111 g/mol. The van der Waals surface area contributed by atoms with E-state index in [1.807, 2.05) is 0 Å². The van der Waals surface area contributed by atoms with E-state index in [0.29, 0.717) is 12.6 Å². The minimum atomic E-state index is -1.69. The molecule has 0 aromatic heterocycles. The molecule has 0 fully saturated rings. The summed E-state index contributed by atoms with van der Waals surface area (Å²) in [6, 6.07) is 0. The highest BCUT2D eigenvalue weighted by Crippen LogP contribution is 2.19. The predicted octanol–water partition coefficient (Wildman–Crippen LogP) is 1.33. The zero-order valence-electron chi connectivity index (χ0n) is 4.44. The number of hydrogen-bond acceptors (Lipinski definition) is 2. The number of rotatable bonds is 3. The highest BCUT2D eigenvalue weighted by atomic mass is 31.1. The van der Waals surface area contributed by atoms with E-state index in [1.165, 1.54) is 7.11 Å². The van der Waals surface area contributed by atoms with E-state index >= 15 is 0 Å². The van der Waals surface area contributed by atoms with E-state index in [1.54, 1.807) is 0 Å². The van der Waals surface area contributed by atoms with Crippen LogP contribution in [0.25, 0.3) is 0 Å². The van der Waals surface area contributed by atoms with Crippen molar-refractivity contribution in [1.29, 1.82) is 0 Å². The third-order valence-electron chi connectivity index (χ3n) is 0.609. The standard InChI is InChI=1S/C4H10O2P/c1-3-4-7(5)6-2/h7H,1,3-4H2,2H3. The quantitative estimate of drug-likeness (QED) is 0.526. The monoisotopic (exact) mass is 121 g/mol. The van der Waals surface area contributed by atoms with Gasteiger partial charge in [-0.3, -0.25) is 4.57 Å². The van der Waals surface area contributed by atoms with Crippen molar-refractivity contribution in [3.05, 3.63) is 6.92 Å². The fraction of sp³-hybridized carbons (Fsp3) is 0.750. The lowest BCUT2D eigenvalue weighted by atomic mass is 10.6. The molecule has 0 amide bonds. The first kappa shape index (κ1) is 7.19. The lowest BCUT2D eigenvalue weighted by Gasteiger charge is -1.91. The second-order valence-electron chi connectivity index (χ2n) is 1.18. The molecule has 0 aliphatic heterocycles. The average Bonchev–Trinajstić information content (AvgIpc) is 1.68. The molecule has 0 aromatic rings. The molecule has 0 aliphatic carbocycles. The van der Waals surface area contributed by atoms with Crippen LogP contribution < -0.4 is 0 Å². The van der Waals surface area contributed by atoms with E-state index in [0.717, 1.165) is 0 Å². The molecule has 0 heterocycles. The lowest BCUT2D eigenvalue weighted by molar-refractivity contribution is 0.415. The fourth-order valence-corrected chi connectivity index (χ4v) is 0.739. The summed E-state index contributed by atoms with van der Waals surface area (Å²) in [5.74, 6) is 0. The van der Waals surface area contributed by atoms with Gasteiger partial charge in [0, 0.05) is 13.3 Å². The Labute approximate surface area is 44.7 Å². The molecule has 43 valence electrons. The Bertz CT molecular complexity index is 62.7. The smallest absolute Gasteiger partial charge is 0.191 e. The Balaban J connectivity index is 3.00. The van der Waals surface area contributed by atoms with Crippen molar-refractivity contribution in [2.45, 2.75) is 6.42 Å². The minimum absolute atomic E-state index is 0.612. The zero-order chi connectivity index (χ0) is 5.70. The first-order valence-electron chi connectivity index (χ1n) is 2.17. The maximum absolute atomic E-state index is 10.3. The van der Waals surface area contributed by atoms with Crippen LogP contribution in [0.2, 0.25) is 0 Å². The van der Waals surface area contributed by atoms with Crippen molar-refractivity contribution in [1.82, 2.24) is 0 Å². The molecule has 0 spiro atoms. The van der Waals surface area contributed by atoms with E-state index < -0.39 is 8.03 Å². The summed E-state index contributed by atoms with van der Waals surface area (Å²) in [5.41, 5.74) is 0. The summed E-state index contributed by atoms with van der Waals surface area (Å²) in [6.45, 7) is 3.52. The molecule has 0 saturated carbocycles. The molecule has 0 aliphatic rings. The largest absolute Gasteiger partial charge is 0.334 e. The normalized spacial score (nSPS) is 14.0. The first-order valence-corrected chi connectivity index (χ1v) is 3.69. The van der Waals surface area contributed by atoms with Gasteiger partial charge in [-0.05, 0) is 6.42 Å². The molecule has 0 rings (SSSR count). The molecule has 1 atom stereocenters. The van der Waals surface area contributed by atoms with Gasteiger partial charge in [-0.1, -0.05) is 6.92 Å². The number of hydrogen-bond donors (Lipinski definition) is 0. The molecule has 1 radical (unpaired) electrons. The molecule has 0 aromatic carbocycles. The van der Waals surface area contributed by atoms with E-state index in [9.17, 15) is 4.57 Å². The van der Waals surface area contributed by atoms with Crippen LogP contribution in [0, 0.1) is 6.92 Å². The summed E-state index contributed by atoms with van der Waals surface area (Å²) < 4.78 is 14.8.